The predicted octanol–water partition coefficient (Wildman–Crippen LogP) is 0.160. The third-order valence-electron chi connectivity index (χ3n) is 2.18. The minimum atomic E-state index is -0.134. The molecule has 66 valence electrons. The van der Waals surface area contributed by atoms with Crippen molar-refractivity contribution in [1.29, 1.82) is 0 Å². The second-order valence-corrected chi connectivity index (χ2v) is 3.26. The van der Waals surface area contributed by atoms with Crippen LogP contribution in [0, 0.1) is 6.92 Å². The second kappa shape index (κ2) is 2.88. The Morgan fingerprint density at radius 3 is 3.00 bits per heavy atom. The summed E-state index contributed by atoms with van der Waals surface area (Å²) in [4.78, 5) is 2.16. The van der Waals surface area contributed by atoms with Gasteiger partial charge in [0.15, 0.2) is 0 Å². The van der Waals surface area contributed by atoms with Gasteiger partial charge in [0.1, 0.15) is 5.76 Å². The van der Waals surface area contributed by atoms with Crippen molar-refractivity contribution in [3.05, 3.63) is 17.5 Å². The van der Waals surface area contributed by atoms with E-state index in [-0.39, 0.29) is 6.10 Å². The molecule has 0 amide bonds. The van der Waals surface area contributed by atoms with Crippen LogP contribution in [0.5, 0.6) is 0 Å². The highest BCUT2D eigenvalue weighted by molar-refractivity contribution is 5.11. The van der Waals surface area contributed by atoms with Crippen molar-refractivity contribution in [2.75, 3.05) is 13.1 Å². The predicted molar refractivity (Wildman–Crippen MR) is 42.5 cm³/mol. The minimum Gasteiger partial charge on any atom is -0.390 e. The van der Waals surface area contributed by atoms with Crippen LogP contribution in [0.25, 0.3) is 0 Å². The molecule has 0 saturated carbocycles. The van der Waals surface area contributed by atoms with Crippen molar-refractivity contribution >= 4 is 0 Å². The first-order valence-electron chi connectivity index (χ1n) is 4.06. The molecule has 1 N–H and O–H groups in total. The van der Waals surface area contributed by atoms with Gasteiger partial charge in [-0.1, -0.05) is 5.16 Å². The van der Waals surface area contributed by atoms with Crippen molar-refractivity contribution < 1.29 is 9.63 Å². The number of hydrogen-bond donors (Lipinski definition) is 1. The Hall–Kier alpha value is -0.870. The summed E-state index contributed by atoms with van der Waals surface area (Å²) >= 11 is 0. The number of nitrogens with zero attached hydrogens (tertiary/aromatic N) is 2. The Morgan fingerprint density at radius 1 is 1.75 bits per heavy atom. The molecule has 1 aromatic rings. The lowest BCUT2D eigenvalue weighted by Gasteiger charge is -2.35. The van der Waals surface area contributed by atoms with Gasteiger partial charge in [-0.2, -0.15) is 0 Å². The molecule has 1 fully saturated rings. The molecule has 0 atom stereocenters. The Labute approximate surface area is 70.8 Å². The molecule has 1 aliphatic heterocycles. The van der Waals surface area contributed by atoms with Crippen LogP contribution in [0.15, 0.2) is 10.7 Å². The van der Waals surface area contributed by atoms with E-state index in [0.29, 0.717) is 0 Å². The van der Waals surface area contributed by atoms with Gasteiger partial charge in [-0.05, 0) is 6.92 Å². The zero-order valence-electron chi connectivity index (χ0n) is 7.03. The second-order valence-electron chi connectivity index (χ2n) is 3.26. The Balaban J connectivity index is 1.92. The molecule has 1 aliphatic rings. The summed E-state index contributed by atoms with van der Waals surface area (Å²) in [6, 6.07) is 0. The molecule has 2 heterocycles. The van der Waals surface area contributed by atoms with Crippen molar-refractivity contribution in [3.8, 4) is 0 Å². The summed E-state index contributed by atoms with van der Waals surface area (Å²) in [5.41, 5.74) is 1.11. The summed E-state index contributed by atoms with van der Waals surface area (Å²) in [5, 5.41) is 12.7. The largest absolute Gasteiger partial charge is 0.390 e. The van der Waals surface area contributed by atoms with Gasteiger partial charge in [0.25, 0.3) is 0 Å². The average Bonchev–Trinajstić information content (AvgIpc) is 2.33. The highest BCUT2D eigenvalue weighted by atomic mass is 16.5. The summed E-state index contributed by atoms with van der Waals surface area (Å²) in [5.74, 6) is 0.872. The van der Waals surface area contributed by atoms with Gasteiger partial charge in [-0.25, -0.2) is 0 Å². The quantitative estimate of drug-likeness (QED) is 0.683. The third kappa shape index (κ3) is 1.35. The highest BCUT2D eigenvalue weighted by Crippen LogP contribution is 2.14. The van der Waals surface area contributed by atoms with Crippen molar-refractivity contribution in [2.24, 2.45) is 0 Å². The summed E-state index contributed by atoms with van der Waals surface area (Å²) in [6.45, 7) is 4.28. The third-order valence-corrected chi connectivity index (χ3v) is 2.18. The fraction of sp³-hybridized carbons (Fsp3) is 0.625. The number of rotatable bonds is 2. The van der Waals surface area contributed by atoms with E-state index in [1.165, 1.54) is 0 Å². The maximum Gasteiger partial charge on any atom is 0.138 e. The summed E-state index contributed by atoms with van der Waals surface area (Å²) in [7, 11) is 0. The SMILES string of the molecule is Cc1oncc1CN1CC(O)C1. The van der Waals surface area contributed by atoms with Crippen molar-refractivity contribution in [1.82, 2.24) is 10.1 Å². The molecule has 12 heavy (non-hydrogen) atoms. The van der Waals surface area contributed by atoms with E-state index in [0.717, 1.165) is 31.0 Å². The normalized spacial score (nSPS) is 19.5. The maximum atomic E-state index is 9.04. The van der Waals surface area contributed by atoms with Crippen LogP contribution in [0.4, 0.5) is 0 Å². The molecule has 0 spiro atoms. The first-order chi connectivity index (χ1) is 5.75. The zero-order chi connectivity index (χ0) is 8.55. The molecule has 1 saturated heterocycles. The lowest BCUT2D eigenvalue weighted by molar-refractivity contribution is -0.00309. The molecule has 4 heteroatoms. The molecule has 1 aromatic heterocycles. The van der Waals surface area contributed by atoms with Gasteiger partial charge in [0, 0.05) is 25.2 Å². The van der Waals surface area contributed by atoms with Crippen molar-refractivity contribution in [3.63, 3.8) is 0 Å². The molecule has 0 bridgehead atoms. The molecular formula is C8H12N2O2. The molecule has 0 aliphatic carbocycles. The Kier molecular flexibility index (Phi) is 1.86. The smallest absolute Gasteiger partial charge is 0.138 e. The molecule has 2 rings (SSSR count). The fourth-order valence-electron chi connectivity index (χ4n) is 1.38. The monoisotopic (exact) mass is 168 g/mol. The first kappa shape index (κ1) is 7.76. The summed E-state index contributed by atoms with van der Waals surface area (Å²) in [6.07, 6.45) is 1.60. The van der Waals surface area contributed by atoms with Gasteiger partial charge in [0.2, 0.25) is 0 Å². The van der Waals surface area contributed by atoms with Crippen LogP contribution >= 0.6 is 0 Å². The van der Waals surface area contributed by atoms with E-state index in [1.807, 2.05) is 6.92 Å². The minimum absolute atomic E-state index is 0.134. The standard InChI is InChI=1S/C8H12N2O2/c1-6-7(2-9-12-6)3-10-4-8(11)5-10/h2,8,11H,3-5H2,1H3. The number of likely N-dealkylation sites (tertiary alicyclic amines) is 1. The van der Waals surface area contributed by atoms with E-state index in [4.69, 9.17) is 9.63 Å². The van der Waals surface area contributed by atoms with Crippen LogP contribution in [0.3, 0.4) is 0 Å². The maximum absolute atomic E-state index is 9.04. The first-order valence-corrected chi connectivity index (χ1v) is 4.06. The zero-order valence-corrected chi connectivity index (χ0v) is 7.03. The number of aromatic nitrogens is 1. The fourth-order valence-corrected chi connectivity index (χ4v) is 1.38. The lowest BCUT2D eigenvalue weighted by atomic mass is 10.1. The summed E-state index contributed by atoms with van der Waals surface area (Å²) < 4.78 is 4.92. The van der Waals surface area contributed by atoms with Gasteiger partial charge >= 0.3 is 0 Å². The van der Waals surface area contributed by atoms with Crippen LogP contribution in [-0.2, 0) is 6.54 Å². The number of hydrogen-bond acceptors (Lipinski definition) is 4. The number of aliphatic hydroxyl groups excluding tert-OH is 1. The van der Waals surface area contributed by atoms with E-state index < -0.39 is 0 Å². The highest BCUT2D eigenvalue weighted by Gasteiger charge is 2.24. The molecular weight excluding hydrogens is 156 g/mol. The van der Waals surface area contributed by atoms with E-state index in [9.17, 15) is 0 Å². The van der Waals surface area contributed by atoms with Crippen LogP contribution < -0.4 is 0 Å². The van der Waals surface area contributed by atoms with Crippen LogP contribution in [-0.4, -0.2) is 34.4 Å². The van der Waals surface area contributed by atoms with Gasteiger partial charge in [0.05, 0.1) is 12.3 Å². The molecule has 4 nitrogen and oxygen atoms in total. The Morgan fingerprint density at radius 2 is 2.50 bits per heavy atom. The Bertz CT molecular complexity index is 266. The van der Waals surface area contributed by atoms with E-state index in [2.05, 4.69) is 10.1 Å². The van der Waals surface area contributed by atoms with Gasteiger partial charge in [-0.15, -0.1) is 0 Å². The van der Waals surface area contributed by atoms with Crippen LogP contribution in [0.2, 0.25) is 0 Å². The van der Waals surface area contributed by atoms with E-state index in [1.54, 1.807) is 6.20 Å². The van der Waals surface area contributed by atoms with Crippen LogP contribution in [0.1, 0.15) is 11.3 Å². The topological polar surface area (TPSA) is 49.5 Å². The number of aliphatic hydroxyl groups is 1. The number of aryl methyl sites for hydroxylation is 1. The van der Waals surface area contributed by atoms with Gasteiger partial charge in [-0.3, -0.25) is 4.90 Å². The molecule has 0 aromatic carbocycles. The molecule has 0 unspecified atom stereocenters. The average molecular weight is 168 g/mol. The molecule has 0 radical (unpaired) electrons. The van der Waals surface area contributed by atoms with Crippen molar-refractivity contribution in [2.45, 2.75) is 19.6 Å². The lowest BCUT2D eigenvalue weighted by Crippen LogP contribution is -2.49. The van der Waals surface area contributed by atoms with Gasteiger partial charge < -0.3 is 9.63 Å². The van der Waals surface area contributed by atoms with E-state index >= 15 is 0 Å². The number of β-amino-alcohol motifs (C(OH)–C–C–N with tert-alkyl or cyclic N) is 1.